The molecule has 0 radical (unpaired) electrons. The second-order valence-electron chi connectivity index (χ2n) is 0. The van der Waals surface area contributed by atoms with Gasteiger partial charge in [-0.2, -0.15) is 13.5 Å². The Morgan fingerprint density at radius 1 is 0.333 bits per heavy atom. The molecule has 0 aromatic heterocycles. The van der Waals surface area contributed by atoms with Gasteiger partial charge in [0.2, 0.25) is 0 Å². The highest BCUT2D eigenvalue weighted by atomic mass is 32.1. The van der Waals surface area contributed by atoms with Crippen molar-refractivity contribution in [2.75, 3.05) is 0 Å². The Hall–Kier alpha value is -0.690. The highest BCUT2D eigenvalue weighted by Crippen LogP contribution is 0.868. The van der Waals surface area contributed by atoms with Gasteiger partial charge in [-0.05, 0) is 0 Å². The standard InChI is InChI=1S/4C2H4.H2S/c4*1-2;/h4*1-2H2;1H2. The molecule has 56 valence electrons. The fourth-order valence-electron chi connectivity index (χ4n) is 0. The number of hydrogen-bond acceptors (Lipinski definition) is 0. The molecule has 0 bridgehead atoms. The molecule has 0 aromatic carbocycles. The molecular formula is C8H18S. The molecule has 0 nitrogen and oxygen atoms in total. The third-order valence-corrected chi connectivity index (χ3v) is 0. The summed E-state index contributed by atoms with van der Waals surface area (Å²) in [5.41, 5.74) is 0. The van der Waals surface area contributed by atoms with Crippen LogP contribution in [0.1, 0.15) is 0 Å². The summed E-state index contributed by atoms with van der Waals surface area (Å²) in [7, 11) is 0. The molecule has 9 heavy (non-hydrogen) atoms. The zero-order valence-electron chi connectivity index (χ0n) is 6.16. The van der Waals surface area contributed by atoms with E-state index in [-0.39, 0.29) is 13.5 Å². The summed E-state index contributed by atoms with van der Waals surface area (Å²) in [5, 5.41) is 0. The van der Waals surface area contributed by atoms with Gasteiger partial charge in [-0.15, -0.1) is 52.6 Å². The molecule has 0 saturated heterocycles. The van der Waals surface area contributed by atoms with Crippen molar-refractivity contribution in [1.29, 1.82) is 0 Å². The van der Waals surface area contributed by atoms with Gasteiger partial charge >= 0.3 is 0 Å². The molecule has 1 heteroatoms. The quantitative estimate of drug-likeness (QED) is 0.460. The second-order valence-corrected chi connectivity index (χ2v) is 0. The van der Waals surface area contributed by atoms with Gasteiger partial charge in [-0.1, -0.05) is 0 Å². The van der Waals surface area contributed by atoms with E-state index in [1.54, 1.807) is 0 Å². The third kappa shape index (κ3) is 433. The van der Waals surface area contributed by atoms with Crippen molar-refractivity contribution in [2.45, 2.75) is 0 Å². The van der Waals surface area contributed by atoms with Crippen molar-refractivity contribution >= 4 is 13.5 Å². The monoisotopic (exact) mass is 146 g/mol. The second kappa shape index (κ2) is 611. The van der Waals surface area contributed by atoms with Crippen LogP contribution in [0.5, 0.6) is 0 Å². The largest absolute Gasteiger partial charge is 0.197 e. The third-order valence-electron chi connectivity index (χ3n) is 0. The minimum absolute atomic E-state index is 0. The average molecular weight is 146 g/mol. The SMILES string of the molecule is C=C.C=C.C=C.C=C.S. The molecule has 0 amide bonds. The molecule has 0 aromatic rings. The van der Waals surface area contributed by atoms with Gasteiger partial charge in [0.1, 0.15) is 0 Å². The maximum Gasteiger partial charge on any atom is -0.106 e. The van der Waals surface area contributed by atoms with E-state index in [9.17, 15) is 0 Å². The van der Waals surface area contributed by atoms with Crippen molar-refractivity contribution < 1.29 is 0 Å². The maximum atomic E-state index is 3.00. The van der Waals surface area contributed by atoms with Crippen molar-refractivity contribution in [3.05, 3.63) is 52.6 Å². The van der Waals surface area contributed by atoms with Crippen LogP contribution in [-0.4, -0.2) is 0 Å². The fourth-order valence-corrected chi connectivity index (χ4v) is 0. The van der Waals surface area contributed by atoms with Crippen LogP contribution >= 0.6 is 13.5 Å². The fraction of sp³-hybridized carbons (Fsp3) is 0. The van der Waals surface area contributed by atoms with E-state index < -0.39 is 0 Å². The first-order chi connectivity index (χ1) is 4.00. The van der Waals surface area contributed by atoms with Crippen LogP contribution in [0, 0.1) is 0 Å². The lowest BCUT2D eigenvalue weighted by Gasteiger charge is -0.813. The summed E-state index contributed by atoms with van der Waals surface area (Å²) < 4.78 is 0. The highest BCUT2D eigenvalue weighted by Gasteiger charge is 0.607. The van der Waals surface area contributed by atoms with Gasteiger partial charge in [-0.3, -0.25) is 0 Å². The van der Waals surface area contributed by atoms with E-state index >= 15 is 0 Å². The highest BCUT2D eigenvalue weighted by molar-refractivity contribution is 7.59. The summed E-state index contributed by atoms with van der Waals surface area (Å²) >= 11 is 0. The van der Waals surface area contributed by atoms with Crippen LogP contribution in [0.2, 0.25) is 0 Å². The van der Waals surface area contributed by atoms with Gasteiger partial charge in [0.25, 0.3) is 0 Å². The summed E-state index contributed by atoms with van der Waals surface area (Å²) in [4.78, 5) is 0. The van der Waals surface area contributed by atoms with Gasteiger partial charge in [-0.25, -0.2) is 0 Å². The summed E-state index contributed by atoms with van der Waals surface area (Å²) in [6.45, 7) is 24.0. The first-order valence-corrected chi connectivity index (χ1v) is 2.00. The van der Waals surface area contributed by atoms with Crippen LogP contribution < -0.4 is 0 Å². The summed E-state index contributed by atoms with van der Waals surface area (Å²) in [5.74, 6) is 0. The molecule has 0 saturated carbocycles. The molecule has 0 heterocycles. The molecule has 0 aliphatic heterocycles. The Bertz CT molecular complexity index is 12.5. The normalized spacial score (nSPS) is 1.78. The molecule has 0 spiro atoms. The summed E-state index contributed by atoms with van der Waals surface area (Å²) in [6.07, 6.45) is 0. The first-order valence-electron chi connectivity index (χ1n) is 2.00. The van der Waals surface area contributed by atoms with Gasteiger partial charge in [0, 0.05) is 0 Å². The van der Waals surface area contributed by atoms with Crippen LogP contribution in [0.4, 0.5) is 0 Å². The van der Waals surface area contributed by atoms with E-state index in [4.69, 9.17) is 0 Å². The van der Waals surface area contributed by atoms with Crippen LogP contribution in [0.25, 0.3) is 0 Å². The molecule has 0 aliphatic carbocycles. The van der Waals surface area contributed by atoms with E-state index in [1.165, 1.54) is 0 Å². The van der Waals surface area contributed by atoms with Crippen molar-refractivity contribution in [3.8, 4) is 0 Å². The first kappa shape index (κ1) is 40.5. The van der Waals surface area contributed by atoms with E-state index in [0.717, 1.165) is 0 Å². The van der Waals surface area contributed by atoms with Gasteiger partial charge in [0.05, 0.1) is 0 Å². The number of hydrogen-bond donors (Lipinski definition) is 0. The Balaban J connectivity index is -0.00000000762. The Labute approximate surface area is 66.7 Å². The zero-order chi connectivity index (χ0) is 8.00. The van der Waals surface area contributed by atoms with Crippen LogP contribution in [0.3, 0.4) is 0 Å². The molecule has 0 fully saturated rings. The lowest BCUT2D eigenvalue weighted by atomic mass is 11.3. The van der Waals surface area contributed by atoms with E-state index in [1.807, 2.05) is 0 Å². The molecular weight excluding hydrogens is 128 g/mol. The van der Waals surface area contributed by atoms with Crippen molar-refractivity contribution in [2.24, 2.45) is 0 Å². The molecule has 0 aliphatic rings. The number of rotatable bonds is 0. The Morgan fingerprint density at radius 3 is 0.333 bits per heavy atom. The molecule has 0 atom stereocenters. The zero-order valence-corrected chi connectivity index (χ0v) is 7.16. The van der Waals surface area contributed by atoms with E-state index in [2.05, 4.69) is 52.6 Å². The maximum absolute atomic E-state index is 3.00. The minimum atomic E-state index is 0. The predicted octanol–water partition coefficient (Wildman–Crippen LogP) is 3.32. The van der Waals surface area contributed by atoms with E-state index in [0.29, 0.717) is 0 Å². The van der Waals surface area contributed by atoms with Crippen LogP contribution in [-0.2, 0) is 0 Å². The van der Waals surface area contributed by atoms with Crippen molar-refractivity contribution in [3.63, 3.8) is 0 Å². The molecule has 0 rings (SSSR count). The average Bonchev–Trinajstić information content (AvgIpc) is 2.03. The lowest BCUT2D eigenvalue weighted by Crippen LogP contribution is -0.552. The van der Waals surface area contributed by atoms with Crippen molar-refractivity contribution in [1.82, 2.24) is 0 Å². The molecule has 0 unspecified atom stereocenters. The Morgan fingerprint density at radius 2 is 0.333 bits per heavy atom. The topological polar surface area (TPSA) is 0 Å². The smallest absolute Gasteiger partial charge is 0.106 e. The summed E-state index contributed by atoms with van der Waals surface area (Å²) in [6, 6.07) is 0. The van der Waals surface area contributed by atoms with Gasteiger partial charge < -0.3 is 0 Å². The Kier molecular flexibility index (Phi) is 2750. The minimum Gasteiger partial charge on any atom is -0.197 e. The van der Waals surface area contributed by atoms with Crippen LogP contribution in [0.15, 0.2) is 52.6 Å². The van der Waals surface area contributed by atoms with Gasteiger partial charge in [0.15, 0.2) is 0 Å². The predicted molar refractivity (Wildman–Crippen MR) is 55.4 cm³/mol. The lowest BCUT2D eigenvalue weighted by molar-refractivity contribution is 2.81. The molecule has 0 N–H and O–H groups in total.